The van der Waals surface area contributed by atoms with Crippen molar-refractivity contribution in [3.63, 3.8) is 0 Å². The van der Waals surface area contributed by atoms with Crippen molar-refractivity contribution in [3.05, 3.63) is 100 Å². The molecule has 8 heteroatoms. The molecule has 0 saturated heterocycles. The van der Waals surface area contributed by atoms with Gasteiger partial charge in [-0.2, -0.15) is 4.31 Å². The van der Waals surface area contributed by atoms with Crippen LogP contribution in [0.5, 0.6) is 0 Å². The van der Waals surface area contributed by atoms with Gasteiger partial charge in [-0.3, -0.25) is 9.36 Å². The molecule has 0 saturated carbocycles. The molecule has 0 aliphatic carbocycles. The lowest BCUT2D eigenvalue weighted by molar-refractivity contribution is 0.379. The Morgan fingerprint density at radius 1 is 0.912 bits per heavy atom. The molecule has 0 fully saturated rings. The predicted octanol–water partition coefficient (Wildman–Crippen LogP) is 5.03. The van der Waals surface area contributed by atoms with Crippen LogP contribution in [0.3, 0.4) is 0 Å². The fourth-order valence-corrected chi connectivity index (χ4v) is 5.15. The number of fused-ring (bicyclic) bond motifs is 1. The summed E-state index contributed by atoms with van der Waals surface area (Å²) in [5.41, 5.74) is 1.54. The van der Waals surface area contributed by atoms with Crippen LogP contribution < -0.4 is 5.56 Å². The molecule has 6 nitrogen and oxygen atoms in total. The van der Waals surface area contributed by atoms with E-state index in [1.54, 1.807) is 55.5 Å². The quantitative estimate of drug-likeness (QED) is 0.389. The van der Waals surface area contributed by atoms with Crippen LogP contribution in [0.4, 0.5) is 4.39 Å². The maximum atomic E-state index is 13.6. The third-order valence-electron chi connectivity index (χ3n) is 6.03. The summed E-state index contributed by atoms with van der Waals surface area (Å²) in [5.74, 6) is 0.0743. The third kappa shape index (κ3) is 4.26. The molecule has 1 atom stereocenters. The Balaban J connectivity index is 1.85. The molecular formula is C26H26FN3O3S. The van der Waals surface area contributed by atoms with Crippen molar-refractivity contribution in [3.8, 4) is 5.69 Å². The molecule has 0 bridgehead atoms. The number of hydrogen-bond acceptors (Lipinski definition) is 4. The fourth-order valence-electron chi connectivity index (χ4n) is 3.83. The molecule has 0 radical (unpaired) electrons. The van der Waals surface area contributed by atoms with Crippen molar-refractivity contribution >= 4 is 20.9 Å². The molecule has 0 aliphatic heterocycles. The smallest absolute Gasteiger partial charge is 0.266 e. The summed E-state index contributed by atoms with van der Waals surface area (Å²) in [6, 6.07) is 18.3. The van der Waals surface area contributed by atoms with Crippen molar-refractivity contribution in [1.82, 2.24) is 13.9 Å². The van der Waals surface area contributed by atoms with E-state index >= 15 is 0 Å². The van der Waals surface area contributed by atoms with E-state index < -0.39 is 21.9 Å². The maximum absolute atomic E-state index is 13.6. The van der Waals surface area contributed by atoms with Gasteiger partial charge in [0.1, 0.15) is 11.6 Å². The van der Waals surface area contributed by atoms with Gasteiger partial charge in [-0.05, 0) is 66.9 Å². The summed E-state index contributed by atoms with van der Waals surface area (Å²) in [7, 11) is -2.42. The molecule has 0 aliphatic rings. The van der Waals surface area contributed by atoms with E-state index in [0.717, 1.165) is 5.56 Å². The summed E-state index contributed by atoms with van der Waals surface area (Å²) in [5, 5.41) is 0.387. The topological polar surface area (TPSA) is 72.3 Å². The van der Waals surface area contributed by atoms with Crippen molar-refractivity contribution in [2.45, 2.75) is 37.6 Å². The minimum Gasteiger partial charge on any atom is -0.268 e. The Morgan fingerprint density at radius 2 is 1.53 bits per heavy atom. The number of sulfonamides is 1. The highest BCUT2D eigenvalue weighted by atomic mass is 32.2. The minimum absolute atomic E-state index is 0.155. The lowest BCUT2D eigenvalue weighted by Gasteiger charge is -2.26. The van der Waals surface area contributed by atoms with Crippen molar-refractivity contribution in [1.29, 1.82) is 0 Å². The van der Waals surface area contributed by atoms with Crippen molar-refractivity contribution < 1.29 is 12.8 Å². The van der Waals surface area contributed by atoms with Crippen LogP contribution in [0.1, 0.15) is 44.1 Å². The second kappa shape index (κ2) is 9.12. The number of para-hydroxylation sites is 1. The van der Waals surface area contributed by atoms with E-state index in [1.165, 1.54) is 40.2 Å². The SMILES string of the molecule is CC(C)c1ccc(S(=O)(=O)N(C)C(C)c2nc3ccccc3c(=O)n2-c2ccc(F)cc2)cc1. The highest BCUT2D eigenvalue weighted by Crippen LogP contribution is 2.28. The number of rotatable bonds is 6. The van der Waals surface area contributed by atoms with E-state index in [4.69, 9.17) is 0 Å². The number of benzene rings is 3. The Hall–Kier alpha value is -3.36. The third-order valence-corrected chi connectivity index (χ3v) is 7.97. The standard InChI is InChI=1S/C26H26FN3O3S/c1-17(2)19-9-15-22(16-10-19)34(32,33)29(4)18(3)25-28-24-8-6-5-7-23(24)26(31)30(25)21-13-11-20(27)12-14-21/h5-18H,1-4H3. The minimum atomic E-state index is -3.88. The van der Waals surface area contributed by atoms with Gasteiger partial charge in [-0.1, -0.05) is 38.1 Å². The lowest BCUT2D eigenvalue weighted by atomic mass is 10.0. The van der Waals surface area contributed by atoms with Crippen LogP contribution in [0.2, 0.25) is 0 Å². The summed E-state index contributed by atoms with van der Waals surface area (Å²) in [6.07, 6.45) is 0. The van der Waals surface area contributed by atoms with Gasteiger partial charge in [0.05, 0.1) is 27.5 Å². The van der Waals surface area contributed by atoms with Gasteiger partial charge in [0, 0.05) is 7.05 Å². The molecule has 3 aromatic carbocycles. The monoisotopic (exact) mass is 479 g/mol. The van der Waals surface area contributed by atoms with Gasteiger partial charge in [0.25, 0.3) is 5.56 Å². The number of hydrogen-bond donors (Lipinski definition) is 0. The molecule has 1 heterocycles. The van der Waals surface area contributed by atoms with Crippen LogP contribution in [0.15, 0.2) is 82.5 Å². The lowest BCUT2D eigenvalue weighted by Crippen LogP contribution is -2.35. The molecule has 34 heavy (non-hydrogen) atoms. The fraction of sp³-hybridized carbons (Fsp3) is 0.231. The first kappa shape index (κ1) is 23.8. The van der Waals surface area contributed by atoms with E-state index in [-0.39, 0.29) is 22.2 Å². The number of aromatic nitrogens is 2. The number of halogens is 1. The summed E-state index contributed by atoms with van der Waals surface area (Å²) < 4.78 is 43.0. The largest absolute Gasteiger partial charge is 0.268 e. The zero-order valence-electron chi connectivity index (χ0n) is 19.4. The molecule has 0 amide bonds. The van der Waals surface area contributed by atoms with Crippen molar-refractivity contribution in [2.75, 3.05) is 7.05 Å². The molecular weight excluding hydrogens is 453 g/mol. The zero-order valence-corrected chi connectivity index (χ0v) is 20.3. The highest BCUT2D eigenvalue weighted by Gasteiger charge is 2.30. The Bertz CT molecular complexity index is 1500. The van der Waals surface area contributed by atoms with E-state index in [0.29, 0.717) is 16.6 Å². The van der Waals surface area contributed by atoms with Gasteiger partial charge in [-0.15, -0.1) is 0 Å². The molecule has 0 spiro atoms. The normalized spacial score (nSPS) is 13.0. The first-order chi connectivity index (χ1) is 16.1. The Kier molecular flexibility index (Phi) is 6.38. The van der Waals surface area contributed by atoms with Gasteiger partial charge in [0.2, 0.25) is 10.0 Å². The summed E-state index contributed by atoms with van der Waals surface area (Å²) in [4.78, 5) is 18.3. The average molecular weight is 480 g/mol. The molecule has 0 N–H and O–H groups in total. The van der Waals surface area contributed by atoms with E-state index in [9.17, 15) is 17.6 Å². The molecule has 4 aromatic rings. The maximum Gasteiger partial charge on any atom is 0.266 e. The van der Waals surface area contributed by atoms with E-state index in [1.807, 2.05) is 13.8 Å². The van der Waals surface area contributed by atoms with Crippen molar-refractivity contribution in [2.24, 2.45) is 0 Å². The van der Waals surface area contributed by atoms with Crippen LogP contribution >= 0.6 is 0 Å². The van der Waals surface area contributed by atoms with Gasteiger partial charge < -0.3 is 0 Å². The Morgan fingerprint density at radius 3 is 2.15 bits per heavy atom. The first-order valence-corrected chi connectivity index (χ1v) is 12.4. The van der Waals surface area contributed by atoms with Crippen LogP contribution in [-0.4, -0.2) is 29.3 Å². The predicted molar refractivity (Wildman–Crippen MR) is 131 cm³/mol. The van der Waals surface area contributed by atoms with E-state index in [2.05, 4.69) is 4.98 Å². The molecule has 176 valence electrons. The van der Waals surface area contributed by atoms with Gasteiger partial charge in [-0.25, -0.2) is 17.8 Å². The Labute approximate surface area is 198 Å². The second-order valence-corrected chi connectivity index (χ2v) is 10.5. The highest BCUT2D eigenvalue weighted by molar-refractivity contribution is 7.89. The summed E-state index contributed by atoms with van der Waals surface area (Å²) >= 11 is 0. The molecule has 1 aromatic heterocycles. The average Bonchev–Trinajstić information content (AvgIpc) is 2.84. The van der Waals surface area contributed by atoms with Gasteiger partial charge >= 0.3 is 0 Å². The van der Waals surface area contributed by atoms with Crippen LogP contribution in [0.25, 0.3) is 16.6 Å². The first-order valence-electron chi connectivity index (χ1n) is 11.0. The zero-order chi connectivity index (χ0) is 24.6. The van der Waals surface area contributed by atoms with Crippen LogP contribution in [-0.2, 0) is 10.0 Å². The number of nitrogens with zero attached hydrogens (tertiary/aromatic N) is 3. The van der Waals surface area contributed by atoms with Gasteiger partial charge in [0.15, 0.2) is 0 Å². The molecule has 1 unspecified atom stereocenters. The van der Waals surface area contributed by atoms with Crippen LogP contribution in [0, 0.1) is 5.82 Å². The second-order valence-electron chi connectivity index (χ2n) is 8.53. The summed E-state index contributed by atoms with van der Waals surface area (Å²) in [6.45, 7) is 5.76. The molecule has 4 rings (SSSR count).